The molecule has 2 aromatic carbocycles. The molecular formula is C22H24FNO. The molecule has 0 bridgehead atoms. The van der Waals surface area contributed by atoms with E-state index in [9.17, 15) is 9.50 Å². The first-order valence-electron chi connectivity index (χ1n) is 9.26. The Kier molecular flexibility index (Phi) is 4.43. The first-order chi connectivity index (χ1) is 12.2. The third-order valence-electron chi connectivity index (χ3n) is 6.06. The number of aliphatic hydroxyl groups is 1. The summed E-state index contributed by atoms with van der Waals surface area (Å²) in [4.78, 5) is 4.72. The van der Waals surface area contributed by atoms with E-state index in [0.29, 0.717) is 12.3 Å². The molecule has 1 aliphatic carbocycles. The van der Waals surface area contributed by atoms with Crippen molar-refractivity contribution in [2.45, 2.75) is 43.4 Å². The van der Waals surface area contributed by atoms with Crippen LogP contribution in [0.15, 0.2) is 53.5 Å². The molecule has 1 aliphatic heterocycles. The van der Waals surface area contributed by atoms with Crippen molar-refractivity contribution < 1.29 is 9.50 Å². The van der Waals surface area contributed by atoms with E-state index in [4.69, 9.17) is 4.99 Å². The zero-order chi connectivity index (χ0) is 17.3. The van der Waals surface area contributed by atoms with E-state index in [1.54, 1.807) is 12.1 Å². The van der Waals surface area contributed by atoms with Crippen LogP contribution in [0, 0.1) is 11.7 Å². The molecule has 1 spiro atoms. The van der Waals surface area contributed by atoms with Gasteiger partial charge in [-0.15, -0.1) is 0 Å². The number of aliphatic imine (C=N–C) groups is 1. The van der Waals surface area contributed by atoms with Gasteiger partial charge in [-0.1, -0.05) is 43.2 Å². The van der Waals surface area contributed by atoms with Crippen LogP contribution in [0.3, 0.4) is 0 Å². The Balaban J connectivity index is 1.79. The molecule has 1 fully saturated rings. The minimum atomic E-state index is -0.203. The largest absolute Gasteiger partial charge is 0.396 e. The predicted octanol–water partition coefficient (Wildman–Crippen LogP) is 5.14. The van der Waals surface area contributed by atoms with Gasteiger partial charge in [0.25, 0.3) is 0 Å². The van der Waals surface area contributed by atoms with E-state index in [1.807, 2.05) is 12.1 Å². The van der Waals surface area contributed by atoms with Crippen molar-refractivity contribution in [3.8, 4) is 0 Å². The van der Waals surface area contributed by atoms with E-state index >= 15 is 0 Å². The van der Waals surface area contributed by atoms with Gasteiger partial charge in [-0.3, -0.25) is 4.99 Å². The highest BCUT2D eigenvalue weighted by molar-refractivity contribution is 5.86. The smallest absolute Gasteiger partial charge is 0.123 e. The second-order valence-corrected chi connectivity index (χ2v) is 7.34. The summed E-state index contributed by atoms with van der Waals surface area (Å²) < 4.78 is 13.9. The zero-order valence-corrected chi connectivity index (χ0v) is 14.4. The van der Waals surface area contributed by atoms with E-state index in [-0.39, 0.29) is 23.8 Å². The fraction of sp³-hybridized carbons (Fsp3) is 0.409. The molecule has 0 saturated heterocycles. The highest BCUT2D eigenvalue weighted by Crippen LogP contribution is 2.54. The van der Waals surface area contributed by atoms with Gasteiger partial charge in [0.05, 0.1) is 5.69 Å². The number of halogens is 1. The van der Waals surface area contributed by atoms with Crippen molar-refractivity contribution in [1.82, 2.24) is 0 Å². The van der Waals surface area contributed by atoms with Crippen LogP contribution in [0.1, 0.15) is 49.1 Å². The Morgan fingerprint density at radius 2 is 2.04 bits per heavy atom. The monoisotopic (exact) mass is 337 g/mol. The fourth-order valence-corrected chi connectivity index (χ4v) is 4.99. The molecule has 1 N–H and O–H groups in total. The van der Waals surface area contributed by atoms with Crippen molar-refractivity contribution in [2.24, 2.45) is 10.9 Å². The predicted molar refractivity (Wildman–Crippen MR) is 99.1 cm³/mol. The first kappa shape index (κ1) is 16.5. The molecule has 2 nitrogen and oxygen atoms in total. The summed E-state index contributed by atoms with van der Waals surface area (Å²) in [5.41, 5.74) is 3.29. The zero-order valence-electron chi connectivity index (χ0n) is 14.4. The van der Waals surface area contributed by atoms with E-state index in [1.165, 1.54) is 24.5 Å². The lowest BCUT2D eigenvalue weighted by Gasteiger charge is -2.44. The molecule has 130 valence electrons. The molecule has 3 heteroatoms. The Hall–Kier alpha value is -2.00. The molecule has 0 aromatic heterocycles. The molecule has 1 saturated carbocycles. The minimum Gasteiger partial charge on any atom is -0.396 e. The molecule has 2 unspecified atom stereocenters. The third-order valence-corrected chi connectivity index (χ3v) is 6.06. The summed E-state index contributed by atoms with van der Waals surface area (Å²) in [6.07, 6.45) is 7.33. The standard InChI is InChI=1S/C22H24FNO/c23-17-7-5-6-16(14-17)18(11-13-25)19-8-3-4-12-22(19)15-24-21-10-2-1-9-20(21)22/h1-2,5-7,9-10,14-15,18-19,25H,3-4,8,11-13H2/t18-,19?,22?/m1/s1. The van der Waals surface area contributed by atoms with Gasteiger partial charge in [0.15, 0.2) is 0 Å². The summed E-state index contributed by atoms with van der Waals surface area (Å²) in [5, 5.41) is 9.70. The number of rotatable bonds is 4. The van der Waals surface area contributed by atoms with Crippen LogP contribution >= 0.6 is 0 Å². The fourth-order valence-electron chi connectivity index (χ4n) is 4.99. The van der Waals surface area contributed by atoms with Crippen LogP contribution in [-0.2, 0) is 5.41 Å². The molecule has 2 aliphatic rings. The van der Waals surface area contributed by atoms with Gasteiger partial charge in [-0.25, -0.2) is 4.39 Å². The summed E-state index contributed by atoms with van der Waals surface area (Å²) in [6, 6.07) is 15.3. The third kappa shape index (κ3) is 2.81. The Labute approximate surface area is 148 Å². The van der Waals surface area contributed by atoms with Crippen LogP contribution < -0.4 is 0 Å². The average molecular weight is 337 g/mol. The quantitative estimate of drug-likeness (QED) is 0.823. The molecular weight excluding hydrogens is 313 g/mol. The van der Waals surface area contributed by atoms with Crippen molar-refractivity contribution in [3.63, 3.8) is 0 Å². The Morgan fingerprint density at radius 3 is 2.88 bits per heavy atom. The van der Waals surface area contributed by atoms with E-state index in [2.05, 4.69) is 24.4 Å². The van der Waals surface area contributed by atoms with Gasteiger partial charge in [0, 0.05) is 18.2 Å². The minimum absolute atomic E-state index is 0.0823. The van der Waals surface area contributed by atoms with Gasteiger partial charge in [0.2, 0.25) is 0 Å². The molecule has 2 aromatic rings. The SMILES string of the molecule is OCC[C@H](c1cccc(F)c1)C1CCCCC12C=Nc1ccccc12. The van der Waals surface area contributed by atoms with Gasteiger partial charge in [0.1, 0.15) is 5.82 Å². The lowest BCUT2D eigenvalue weighted by molar-refractivity contribution is 0.186. The van der Waals surface area contributed by atoms with Crippen LogP contribution in [-0.4, -0.2) is 17.9 Å². The first-order valence-corrected chi connectivity index (χ1v) is 9.26. The number of hydrogen-bond acceptors (Lipinski definition) is 2. The number of nitrogens with zero attached hydrogens (tertiary/aromatic N) is 1. The number of aliphatic hydroxyl groups excluding tert-OH is 1. The normalized spacial score (nSPS) is 25.9. The topological polar surface area (TPSA) is 32.6 Å². The van der Waals surface area contributed by atoms with E-state index in [0.717, 1.165) is 24.1 Å². The summed E-state index contributed by atoms with van der Waals surface area (Å²) in [7, 11) is 0. The molecule has 25 heavy (non-hydrogen) atoms. The average Bonchev–Trinajstić information content (AvgIpc) is 3.00. The van der Waals surface area contributed by atoms with Gasteiger partial charge < -0.3 is 5.11 Å². The van der Waals surface area contributed by atoms with Crippen molar-refractivity contribution >= 4 is 11.9 Å². The summed E-state index contributed by atoms with van der Waals surface area (Å²) >= 11 is 0. The van der Waals surface area contributed by atoms with Crippen LogP contribution in [0.25, 0.3) is 0 Å². The van der Waals surface area contributed by atoms with Gasteiger partial charge >= 0.3 is 0 Å². The number of benzene rings is 2. The lowest BCUT2D eigenvalue weighted by atomic mass is 9.58. The number of hydrogen-bond donors (Lipinski definition) is 1. The van der Waals surface area contributed by atoms with Crippen LogP contribution in [0.4, 0.5) is 10.1 Å². The maximum absolute atomic E-state index is 13.9. The lowest BCUT2D eigenvalue weighted by Crippen LogP contribution is -2.41. The maximum Gasteiger partial charge on any atom is 0.123 e. The van der Waals surface area contributed by atoms with Crippen LogP contribution in [0.5, 0.6) is 0 Å². The number of fused-ring (bicyclic) bond motifs is 2. The van der Waals surface area contributed by atoms with Crippen molar-refractivity contribution in [2.75, 3.05) is 6.61 Å². The van der Waals surface area contributed by atoms with E-state index < -0.39 is 0 Å². The second kappa shape index (κ2) is 6.72. The molecule has 1 heterocycles. The van der Waals surface area contributed by atoms with Gasteiger partial charge in [-0.05, 0) is 60.4 Å². The molecule has 3 atom stereocenters. The Morgan fingerprint density at radius 1 is 1.16 bits per heavy atom. The Bertz CT molecular complexity index is 787. The summed E-state index contributed by atoms with van der Waals surface area (Å²) in [6.45, 7) is 0.118. The van der Waals surface area contributed by atoms with Crippen LogP contribution in [0.2, 0.25) is 0 Å². The summed E-state index contributed by atoms with van der Waals surface area (Å²) in [5.74, 6) is 0.270. The number of para-hydroxylation sites is 1. The maximum atomic E-state index is 13.9. The second-order valence-electron chi connectivity index (χ2n) is 7.34. The highest BCUT2D eigenvalue weighted by Gasteiger charge is 2.47. The van der Waals surface area contributed by atoms with Crippen molar-refractivity contribution in [3.05, 3.63) is 65.5 Å². The highest BCUT2D eigenvalue weighted by atomic mass is 19.1. The molecule has 0 radical (unpaired) electrons. The van der Waals surface area contributed by atoms with Crippen molar-refractivity contribution in [1.29, 1.82) is 0 Å². The van der Waals surface area contributed by atoms with Gasteiger partial charge in [-0.2, -0.15) is 0 Å². The molecule has 4 rings (SSSR count). The molecule has 0 amide bonds.